The molecule has 2 aliphatic heterocycles. The van der Waals surface area contributed by atoms with Crippen LogP contribution in [0.15, 0.2) is 31.7 Å². The number of amides is 2. The van der Waals surface area contributed by atoms with Gasteiger partial charge in [0.05, 0.1) is 11.7 Å². The standard InChI is InChI=1S/C15H13N7O5S4.Na/c16-14-18-6(3-29-14)7(21-27)10(23)19-8-11(24)22-9(13(25)26)5(1-28-12(8)22)2-30-15-20-17-4-31-15;/h3-4,8,12,27H,1-2H2,(H2,16,18)(H,19,23)(H,25,26);/q;+1/p-1/t8?,12-;/m1./s1. The Morgan fingerprint density at radius 3 is 2.81 bits per heavy atom. The minimum Gasteiger partial charge on any atom is -0.543 e. The van der Waals surface area contributed by atoms with E-state index in [-0.39, 0.29) is 46.1 Å². The molecule has 12 nitrogen and oxygen atoms in total. The molecule has 4 heterocycles. The number of β-lactam (4-membered cyclic amide) rings is 1. The normalized spacial score (nSPS) is 20.3. The van der Waals surface area contributed by atoms with Crippen LogP contribution in [0.4, 0.5) is 5.13 Å². The number of fused-ring (bicyclic) bond motifs is 1. The average Bonchev–Trinajstić information content (AvgIpc) is 3.42. The maximum Gasteiger partial charge on any atom is 1.00 e. The molecule has 2 aliphatic rings. The summed E-state index contributed by atoms with van der Waals surface area (Å²) in [7, 11) is 0. The molecule has 2 amide bonds. The Bertz CT molecular complexity index is 1110. The predicted octanol–water partition coefficient (Wildman–Crippen LogP) is -4.04. The zero-order valence-corrected chi connectivity index (χ0v) is 21.5. The number of anilines is 1. The molecule has 0 aliphatic carbocycles. The van der Waals surface area contributed by atoms with Crippen LogP contribution >= 0.6 is 46.2 Å². The van der Waals surface area contributed by atoms with E-state index in [1.54, 1.807) is 5.51 Å². The minimum absolute atomic E-state index is 0. The van der Waals surface area contributed by atoms with Crippen molar-refractivity contribution in [2.45, 2.75) is 15.8 Å². The number of thiazole rings is 1. The molecule has 4 rings (SSSR count). The molecule has 1 fully saturated rings. The number of aromatic nitrogens is 3. The SMILES string of the molecule is Nc1nc(C(=NO)C(=O)NC2C(=O)N3C(C(=O)[O-])=C(CSc4nncs4)CS[C@H]23)cs1.[Na+]. The Hall–Kier alpha value is -1.69. The first kappa shape index (κ1) is 24.9. The fraction of sp³-hybridized carbons (Fsp3) is 0.267. The topological polar surface area (TPSA) is 187 Å². The van der Waals surface area contributed by atoms with E-state index in [9.17, 15) is 24.7 Å². The van der Waals surface area contributed by atoms with Gasteiger partial charge in [-0.05, 0) is 5.57 Å². The Kier molecular flexibility index (Phi) is 8.18. The van der Waals surface area contributed by atoms with Crippen molar-refractivity contribution >= 4 is 74.8 Å². The Balaban J connectivity index is 0.00000289. The summed E-state index contributed by atoms with van der Waals surface area (Å²) in [6.45, 7) is 0. The van der Waals surface area contributed by atoms with Crippen molar-refractivity contribution in [3.05, 3.63) is 27.9 Å². The van der Waals surface area contributed by atoms with Crippen LogP contribution in [0.3, 0.4) is 0 Å². The molecule has 0 radical (unpaired) electrons. The first-order chi connectivity index (χ1) is 14.9. The molecule has 32 heavy (non-hydrogen) atoms. The minimum atomic E-state index is -1.47. The van der Waals surface area contributed by atoms with Gasteiger partial charge < -0.3 is 26.2 Å². The summed E-state index contributed by atoms with van der Waals surface area (Å²) < 4.78 is 0.677. The summed E-state index contributed by atoms with van der Waals surface area (Å²) >= 11 is 5.01. The monoisotopic (exact) mass is 521 g/mol. The van der Waals surface area contributed by atoms with E-state index in [0.29, 0.717) is 21.4 Å². The number of hydrogen-bond donors (Lipinski definition) is 3. The maximum atomic E-state index is 12.7. The largest absolute Gasteiger partial charge is 1.00 e. The third kappa shape index (κ3) is 4.80. The molecule has 1 unspecified atom stereocenters. The van der Waals surface area contributed by atoms with Crippen LogP contribution in [0, 0.1) is 0 Å². The van der Waals surface area contributed by atoms with Crippen molar-refractivity contribution in [2.75, 3.05) is 17.2 Å². The molecule has 1 saturated heterocycles. The van der Waals surface area contributed by atoms with E-state index in [1.165, 1.54) is 40.2 Å². The zero-order valence-electron chi connectivity index (χ0n) is 16.3. The Morgan fingerprint density at radius 1 is 1.44 bits per heavy atom. The van der Waals surface area contributed by atoms with E-state index in [1.807, 2.05) is 0 Å². The van der Waals surface area contributed by atoms with E-state index >= 15 is 0 Å². The summed E-state index contributed by atoms with van der Waals surface area (Å²) in [6.07, 6.45) is 0. The van der Waals surface area contributed by atoms with Crippen molar-refractivity contribution in [3.63, 3.8) is 0 Å². The van der Waals surface area contributed by atoms with Crippen LogP contribution in [0.5, 0.6) is 0 Å². The van der Waals surface area contributed by atoms with Crippen molar-refractivity contribution in [1.82, 2.24) is 25.4 Å². The number of carboxylic acids is 1. The number of aliphatic carboxylic acids is 1. The van der Waals surface area contributed by atoms with Gasteiger partial charge in [0, 0.05) is 16.9 Å². The van der Waals surface area contributed by atoms with Crippen LogP contribution in [0.25, 0.3) is 0 Å². The van der Waals surface area contributed by atoms with Gasteiger partial charge in [0.1, 0.15) is 22.6 Å². The van der Waals surface area contributed by atoms with Crippen LogP contribution in [-0.2, 0) is 14.4 Å². The number of oxime groups is 1. The molecule has 0 bridgehead atoms. The molecule has 17 heteroatoms. The number of nitrogens with one attached hydrogen (secondary N) is 1. The smallest absolute Gasteiger partial charge is 0.543 e. The van der Waals surface area contributed by atoms with Crippen molar-refractivity contribution < 1.29 is 54.3 Å². The molecule has 0 saturated carbocycles. The van der Waals surface area contributed by atoms with Crippen LogP contribution in [0.2, 0.25) is 0 Å². The number of carbonyl (C=O) groups is 3. The molecule has 162 valence electrons. The first-order valence-corrected chi connectivity index (χ1v) is 12.2. The van der Waals surface area contributed by atoms with E-state index in [0.717, 1.165) is 16.2 Å². The van der Waals surface area contributed by atoms with Crippen molar-refractivity contribution in [3.8, 4) is 0 Å². The fourth-order valence-electron chi connectivity index (χ4n) is 2.98. The number of thioether (sulfide) groups is 2. The maximum absolute atomic E-state index is 12.7. The van der Waals surface area contributed by atoms with Crippen molar-refractivity contribution in [2.24, 2.45) is 5.16 Å². The third-order valence-corrected chi connectivity index (χ3v) is 8.28. The molecule has 2 aromatic heterocycles. The Labute approximate surface area is 219 Å². The number of carboxylic acid groups (broad SMARTS) is 1. The first-order valence-electron chi connectivity index (χ1n) is 8.42. The Morgan fingerprint density at radius 2 is 2.22 bits per heavy atom. The predicted molar refractivity (Wildman–Crippen MR) is 113 cm³/mol. The average molecular weight is 522 g/mol. The fourth-order valence-corrected chi connectivity index (χ4v) is 6.50. The number of nitrogens with zero attached hydrogens (tertiary/aromatic N) is 5. The summed E-state index contributed by atoms with van der Waals surface area (Å²) in [4.78, 5) is 42.0. The number of nitrogen functional groups attached to an aromatic ring is 1. The number of nitrogens with two attached hydrogens (primary N) is 1. The van der Waals surface area contributed by atoms with E-state index in [4.69, 9.17) is 5.73 Å². The molecule has 4 N–H and O–H groups in total. The van der Waals surface area contributed by atoms with E-state index < -0.39 is 34.9 Å². The van der Waals surface area contributed by atoms with E-state index in [2.05, 4.69) is 25.7 Å². The molecule has 0 spiro atoms. The molecular weight excluding hydrogens is 509 g/mol. The van der Waals surface area contributed by atoms with Gasteiger partial charge >= 0.3 is 29.6 Å². The van der Waals surface area contributed by atoms with Gasteiger partial charge in [-0.15, -0.1) is 33.3 Å². The molecular formula is C15H12N7NaO5S4. The number of carbonyl (C=O) groups excluding carboxylic acids is 3. The molecule has 2 atom stereocenters. The van der Waals surface area contributed by atoms with Gasteiger partial charge in [-0.25, -0.2) is 4.98 Å². The van der Waals surface area contributed by atoms with Gasteiger partial charge in [-0.3, -0.25) is 14.5 Å². The second kappa shape index (κ2) is 10.5. The van der Waals surface area contributed by atoms with Gasteiger partial charge in [0.15, 0.2) is 15.2 Å². The van der Waals surface area contributed by atoms with Crippen LogP contribution < -0.4 is 45.7 Å². The van der Waals surface area contributed by atoms with Gasteiger partial charge in [-0.1, -0.05) is 28.3 Å². The number of hydrogen-bond acceptors (Lipinski definition) is 14. The van der Waals surface area contributed by atoms with Gasteiger partial charge in [0.2, 0.25) is 0 Å². The summed E-state index contributed by atoms with van der Waals surface area (Å²) in [5.41, 5.74) is 7.09. The van der Waals surface area contributed by atoms with Crippen LogP contribution in [-0.4, -0.2) is 71.7 Å². The zero-order chi connectivity index (χ0) is 22.1. The van der Waals surface area contributed by atoms with Gasteiger partial charge in [-0.2, -0.15) is 0 Å². The van der Waals surface area contributed by atoms with Crippen LogP contribution in [0.1, 0.15) is 5.69 Å². The molecule has 2 aromatic rings. The molecule has 0 aromatic carbocycles. The van der Waals surface area contributed by atoms with Gasteiger partial charge in [0.25, 0.3) is 11.8 Å². The quantitative estimate of drug-likeness (QED) is 0.0804. The number of rotatable bonds is 7. The third-order valence-electron chi connectivity index (χ3n) is 4.32. The second-order valence-electron chi connectivity index (χ2n) is 6.11. The van der Waals surface area contributed by atoms with Crippen molar-refractivity contribution in [1.29, 1.82) is 0 Å². The second-order valence-corrected chi connectivity index (χ2v) is 10.2. The summed E-state index contributed by atoms with van der Waals surface area (Å²) in [5.74, 6) is -2.25. The summed E-state index contributed by atoms with van der Waals surface area (Å²) in [5, 5.41) is 35.0. The summed E-state index contributed by atoms with van der Waals surface area (Å²) in [6, 6.07) is -0.989.